The molecule has 2 rings (SSSR count). The summed E-state index contributed by atoms with van der Waals surface area (Å²) in [6, 6.07) is 0. The summed E-state index contributed by atoms with van der Waals surface area (Å²) in [4.78, 5) is 11.7. The first-order valence-corrected chi connectivity index (χ1v) is 8.47. The minimum atomic E-state index is -6.16. The van der Waals surface area contributed by atoms with Crippen molar-refractivity contribution in [2.45, 2.75) is 18.1 Å². The fraction of sp³-hybridized carbons (Fsp3) is 0.583. The normalized spacial score (nSPS) is 25.3. The molecule has 0 amide bonds. The van der Waals surface area contributed by atoms with Gasteiger partial charge >= 0.3 is 21.8 Å². The van der Waals surface area contributed by atoms with Gasteiger partial charge in [0, 0.05) is 12.5 Å². The van der Waals surface area contributed by atoms with Crippen LogP contribution in [0.5, 0.6) is 0 Å². The number of nitrogens with one attached hydrogen (secondary N) is 1. The molecule has 5 nitrogen and oxygen atoms in total. The first-order valence-electron chi connectivity index (χ1n) is 6.69. The quantitative estimate of drug-likeness (QED) is 0.437. The average Bonchev–Trinajstić information content (AvgIpc) is 2.59. The topological polar surface area (TPSA) is 72.5 Å². The molecule has 13 heteroatoms. The highest BCUT2D eigenvalue weighted by molar-refractivity contribution is 7.87. The number of alkyl halides is 6. The van der Waals surface area contributed by atoms with E-state index < -0.39 is 55.8 Å². The summed E-state index contributed by atoms with van der Waals surface area (Å²) < 4.78 is 102. The highest BCUT2D eigenvalue weighted by Gasteiger charge is 2.53. The molecule has 0 radical (unpaired) electrons. The number of Topliss-reactive ketones (excluding diaryl/α,β-unsaturated/α-hetero) is 1. The smallest absolute Gasteiger partial charge is 0.374 e. The van der Waals surface area contributed by atoms with Crippen molar-refractivity contribution in [3.8, 4) is 0 Å². The monoisotopic (exact) mass is 413 g/mol. The molecule has 2 unspecified atom stereocenters. The van der Waals surface area contributed by atoms with Gasteiger partial charge in [-0.25, -0.2) is 0 Å². The minimum absolute atomic E-state index is 0.00437. The molecule has 0 aromatic rings. The molecule has 2 atom stereocenters. The predicted molar refractivity (Wildman–Crippen MR) is 72.6 cm³/mol. The van der Waals surface area contributed by atoms with Gasteiger partial charge in [0.15, 0.2) is 5.76 Å². The molecular weight excluding hydrogens is 404 g/mol. The number of halogens is 7. The molecule has 1 N–H and O–H groups in total. The molecule has 1 aliphatic heterocycles. The summed E-state index contributed by atoms with van der Waals surface area (Å²) in [5, 5.41) is 2.11. The van der Waals surface area contributed by atoms with Gasteiger partial charge < -0.3 is 9.50 Å². The number of carbonyl (C=O) groups is 1. The van der Waals surface area contributed by atoms with E-state index in [4.69, 9.17) is 11.6 Å². The van der Waals surface area contributed by atoms with Crippen molar-refractivity contribution >= 4 is 27.5 Å². The summed E-state index contributed by atoms with van der Waals surface area (Å²) in [5.74, 6) is -6.29. The van der Waals surface area contributed by atoms with Crippen LogP contribution in [0.3, 0.4) is 0 Å². The van der Waals surface area contributed by atoms with Gasteiger partial charge in [0.05, 0.1) is 11.0 Å². The fourth-order valence-electron chi connectivity index (χ4n) is 2.63. The zero-order valence-corrected chi connectivity index (χ0v) is 13.6. The van der Waals surface area contributed by atoms with E-state index in [1.807, 2.05) is 0 Å². The van der Waals surface area contributed by atoms with E-state index in [2.05, 4.69) is 9.50 Å². The second-order valence-corrected chi connectivity index (χ2v) is 7.25. The van der Waals surface area contributed by atoms with Crippen LogP contribution >= 0.6 is 11.6 Å². The van der Waals surface area contributed by atoms with E-state index >= 15 is 0 Å². The Morgan fingerprint density at radius 2 is 1.84 bits per heavy atom. The number of allylic oxidation sites excluding steroid dienone is 1. The van der Waals surface area contributed by atoms with Crippen LogP contribution in [0.1, 0.15) is 6.42 Å². The summed E-state index contributed by atoms with van der Waals surface area (Å²) in [5.41, 5.74) is -6.33. The standard InChI is InChI=1S/C12H10ClF6NO4S/c13-7-3-5-4-20-2-1-6(8(5)10(21)11(14,15)16)9(7)24-25(22,23)12(17,18)19/h3,5,8,20H,1-2,4H2. The van der Waals surface area contributed by atoms with Gasteiger partial charge in [0.25, 0.3) is 0 Å². The van der Waals surface area contributed by atoms with Crippen LogP contribution in [-0.4, -0.2) is 39.0 Å². The van der Waals surface area contributed by atoms with Gasteiger partial charge in [0.2, 0.25) is 5.78 Å². The Balaban J connectivity index is 2.57. The van der Waals surface area contributed by atoms with E-state index in [1.165, 1.54) is 0 Å². The first-order chi connectivity index (χ1) is 11.3. The molecule has 2 aliphatic rings. The number of hydrogen-bond acceptors (Lipinski definition) is 5. The zero-order valence-electron chi connectivity index (χ0n) is 12.0. The molecule has 25 heavy (non-hydrogen) atoms. The van der Waals surface area contributed by atoms with Crippen molar-refractivity contribution in [2.75, 3.05) is 13.1 Å². The van der Waals surface area contributed by atoms with Gasteiger partial charge in [-0.05, 0) is 18.5 Å². The molecule has 0 saturated carbocycles. The summed E-state index contributed by atoms with van der Waals surface area (Å²) >= 11 is 5.72. The van der Waals surface area contributed by atoms with Crippen molar-refractivity contribution in [3.63, 3.8) is 0 Å². The van der Waals surface area contributed by atoms with E-state index in [-0.39, 0.29) is 19.5 Å². The van der Waals surface area contributed by atoms with E-state index in [9.17, 15) is 39.6 Å². The van der Waals surface area contributed by atoms with Crippen molar-refractivity contribution in [1.82, 2.24) is 5.32 Å². The summed E-state index contributed by atoms with van der Waals surface area (Å²) in [6.45, 7) is -0.0874. The minimum Gasteiger partial charge on any atom is -0.374 e. The van der Waals surface area contributed by atoms with Crippen LogP contribution < -0.4 is 5.32 Å². The largest absolute Gasteiger partial charge is 0.534 e. The van der Waals surface area contributed by atoms with Gasteiger partial charge in [-0.1, -0.05) is 17.7 Å². The molecule has 142 valence electrons. The van der Waals surface area contributed by atoms with Gasteiger partial charge in [-0.15, -0.1) is 0 Å². The lowest BCUT2D eigenvalue weighted by molar-refractivity contribution is -0.175. The Labute approximate surface area is 142 Å². The van der Waals surface area contributed by atoms with Gasteiger partial charge in [-0.2, -0.15) is 34.8 Å². The zero-order chi connectivity index (χ0) is 19.2. The molecule has 1 aliphatic carbocycles. The molecular formula is C12H10ClF6NO4S. The van der Waals surface area contributed by atoms with Crippen LogP contribution in [-0.2, 0) is 19.1 Å². The number of fused-ring (bicyclic) bond motifs is 2. The summed E-state index contributed by atoms with van der Waals surface area (Å²) in [7, 11) is -6.16. The van der Waals surface area contributed by atoms with E-state index in [0.717, 1.165) is 6.08 Å². The number of ketones is 1. The number of hydrogen-bond donors (Lipinski definition) is 1. The van der Waals surface area contributed by atoms with Crippen molar-refractivity contribution in [1.29, 1.82) is 0 Å². The van der Waals surface area contributed by atoms with Gasteiger partial charge in [0.1, 0.15) is 0 Å². The van der Waals surface area contributed by atoms with E-state index in [1.54, 1.807) is 0 Å². The Bertz CT molecular complexity index is 740. The van der Waals surface area contributed by atoms with Crippen molar-refractivity contribution in [3.05, 3.63) is 22.4 Å². The van der Waals surface area contributed by atoms with Gasteiger partial charge in [-0.3, -0.25) is 4.79 Å². The maximum absolute atomic E-state index is 12.8. The van der Waals surface area contributed by atoms with Crippen LogP contribution in [0.2, 0.25) is 0 Å². The fourth-order valence-corrected chi connectivity index (χ4v) is 3.51. The average molecular weight is 414 g/mol. The Kier molecular flexibility index (Phi) is 5.19. The lowest BCUT2D eigenvalue weighted by Gasteiger charge is -2.30. The molecule has 0 aromatic carbocycles. The molecule has 1 heterocycles. The third kappa shape index (κ3) is 3.95. The second-order valence-electron chi connectivity index (χ2n) is 5.31. The SMILES string of the molecule is O=C(C1C2=C(OS(=O)(=O)C(F)(F)F)C(Cl)=CC1CNCC2)C(F)(F)F. The maximum Gasteiger partial charge on any atom is 0.534 e. The van der Waals surface area contributed by atoms with Crippen LogP contribution in [0, 0.1) is 11.8 Å². The molecule has 1 saturated heterocycles. The van der Waals surface area contributed by atoms with Crippen LogP contribution in [0.4, 0.5) is 26.3 Å². The highest BCUT2D eigenvalue weighted by Crippen LogP contribution is 2.43. The lowest BCUT2D eigenvalue weighted by atomic mass is 9.78. The Hall–Kier alpha value is -1.27. The third-order valence-corrected chi connectivity index (χ3v) is 4.91. The van der Waals surface area contributed by atoms with Crippen molar-refractivity contribution < 1.29 is 43.7 Å². The summed E-state index contributed by atoms with van der Waals surface area (Å²) in [6.07, 6.45) is -4.71. The first kappa shape index (κ1) is 20.0. The molecule has 0 spiro atoms. The molecule has 0 aromatic heterocycles. The number of rotatable bonds is 3. The maximum atomic E-state index is 12.8. The molecule has 2 bridgehead atoms. The highest BCUT2D eigenvalue weighted by atomic mass is 35.5. The second kappa shape index (κ2) is 6.47. The van der Waals surface area contributed by atoms with E-state index in [0.29, 0.717) is 0 Å². The molecule has 1 fully saturated rings. The third-order valence-electron chi connectivity index (χ3n) is 3.66. The van der Waals surface area contributed by atoms with Crippen molar-refractivity contribution in [2.24, 2.45) is 11.8 Å². The predicted octanol–water partition coefficient (Wildman–Crippen LogP) is 2.60. The lowest BCUT2D eigenvalue weighted by Crippen LogP contribution is -2.39. The number of carbonyl (C=O) groups excluding carboxylic acids is 1. The Morgan fingerprint density at radius 1 is 1.24 bits per heavy atom. The van der Waals surface area contributed by atoms with Crippen LogP contribution in [0.15, 0.2) is 22.4 Å². The van der Waals surface area contributed by atoms with Crippen LogP contribution in [0.25, 0.3) is 0 Å². The Morgan fingerprint density at radius 3 is 2.36 bits per heavy atom.